The molecule has 13 heteroatoms. The van der Waals surface area contributed by atoms with Crippen LogP contribution in [-0.2, 0) is 36.7 Å². The molecule has 0 saturated carbocycles. The van der Waals surface area contributed by atoms with E-state index >= 15 is 0 Å². The van der Waals surface area contributed by atoms with Crippen LogP contribution in [0.15, 0.2) is 97.2 Å². The molecule has 2 amide bonds. The number of carbonyl (C=O) groups is 2. The predicted octanol–water partition coefficient (Wildman–Crippen LogP) is 8.18. The first-order valence-electron chi connectivity index (χ1n) is 17.4. The summed E-state index contributed by atoms with van der Waals surface area (Å²) in [6.45, 7) is 14.3. The second kappa shape index (κ2) is 16.0. The van der Waals surface area contributed by atoms with Crippen LogP contribution in [0.5, 0.6) is 0 Å². The molecule has 0 fully saturated rings. The summed E-state index contributed by atoms with van der Waals surface area (Å²) >= 11 is 0. The number of rotatable bonds is 13. The molecule has 12 nitrogen and oxygen atoms in total. The maximum Gasteiger partial charge on any atom is 0.477 e. The number of carbonyl (C=O) groups excluding carboxylic acids is 2. The zero-order chi connectivity index (χ0) is 38.6. The van der Waals surface area contributed by atoms with Crippen molar-refractivity contribution in [1.82, 2.24) is 24.9 Å². The summed E-state index contributed by atoms with van der Waals surface area (Å²) in [5.41, 5.74) is 4.32. The molecule has 0 saturated heterocycles. The maximum absolute atomic E-state index is 14.3. The van der Waals surface area contributed by atoms with Crippen molar-refractivity contribution in [3.8, 4) is 11.1 Å². The van der Waals surface area contributed by atoms with E-state index in [0.717, 1.165) is 33.6 Å². The number of benzene rings is 3. The molecule has 0 bridgehead atoms. The molecule has 0 aliphatic rings. The Hall–Kier alpha value is -4.87. The number of phosphoric ester groups is 1. The smallest absolute Gasteiger partial charge is 0.338 e. The highest BCUT2D eigenvalue weighted by Gasteiger charge is 2.38. The van der Waals surface area contributed by atoms with Crippen LogP contribution in [0.2, 0.25) is 0 Å². The number of aromatic nitrogens is 4. The van der Waals surface area contributed by atoms with Crippen molar-refractivity contribution in [2.75, 3.05) is 5.32 Å². The zero-order valence-corrected chi connectivity index (χ0v) is 32.7. The number of hydrogen-bond acceptors (Lipinski definition) is 8. The Labute approximate surface area is 311 Å². The first-order chi connectivity index (χ1) is 24.9. The molecule has 3 aromatic carbocycles. The first kappa shape index (κ1) is 39.3. The summed E-state index contributed by atoms with van der Waals surface area (Å²) in [5.74, 6) is -1.30. The minimum absolute atomic E-state index is 0.153. The van der Waals surface area contributed by atoms with Crippen LogP contribution >= 0.6 is 7.82 Å². The van der Waals surface area contributed by atoms with Crippen LogP contribution in [0.1, 0.15) is 80.5 Å². The van der Waals surface area contributed by atoms with Gasteiger partial charge in [0.1, 0.15) is 11.7 Å². The SMILES string of the molecule is Cc1nn(COP(=O)(OC(C)(C)C)OC(C)(C)C)c(C)c1-c1ccc(NC(=O)[C@@H](NC(=O)c2ccnn2C)C(c2ccccc2)c2ccccc2)cc1. The quantitative estimate of drug-likeness (QED) is 0.115. The Bertz CT molecular complexity index is 2000. The molecule has 53 heavy (non-hydrogen) atoms. The minimum atomic E-state index is -3.96. The van der Waals surface area contributed by atoms with E-state index < -0.39 is 36.9 Å². The number of nitrogens with zero attached hydrogens (tertiary/aromatic N) is 4. The second-order valence-corrected chi connectivity index (χ2v) is 16.3. The molecule has 0 aliphatic heterocycles. The fraction of sp³-hybridized carbons (Fsp3) is 0.350. The molecule has 2 aromatic heterocycles. The van der Waals surface area contributed by atoms with Gasteiger partial charge in [0, 0.05) is 36.1 Å². The lowest BCUT2D eigenvalue weighted by Gasteiger charge is -2.30. The third-order valence-electron chi connectivity index (χ3n) is 8.21. The number of phosphoric acid groups is 1. The van der Waals surface area contributed by atoms with Crippen LogP contribution in [0, 0.1) is 13.8 Å². The lowest BCUT2D eigenvalue weighted by atomic mass is 9.84. The van der Waals surface area contributed by atoms with Crippen molar-refractivity contribution < 1.29 is 27.7 Å². The number of hydrogen-bond donors (Lipinski definition) is 2. The van der Waals surface area contributed by atoms with Crippen LogP contribution in [0.25, 0.3) is 11.1 Å². The summed E-state index contributed by atoms with van der Waals surface area (Å²) in [4.78, 5) is 27.8. The van der Waals surface area contributed by atoms with Gasteiger partial charge in [0.15, 0.2) is 6.73 Å². The van der Waals surface area contributed by atoms with Gasteiger partial charge in [-0.1, -0.05) is 72.8 Å². The molecule has 5 aromatic rings. The van der Waals surface area contributed by atoms with Gasteiger partial charge in [0.05, 0.1) is 16.9 Å². The molecule has 0 unspecified atom stereocenters. The molecular formula is C40H49N6O6P. The summed E-state index contributed by atoms with van der Waals surface area (Å²) in [5, 5.41) is 14.8. The van der Waals surface area contributed by atoms with Gasteiger partial charge in [-0.2, -0.15) is 10.2 Å². The predicted molar refractivity (Wildman–Crippen MR) is 205 cm³/mol. The first-order valence-corrected chi connectivity index (χ1v) is 18.9. The largest absolute Gasteiger partial charge is 0.477 e. The lowest BCUT2D eigenvalue weighted by molar-refractivity contribution is -0.118. The fourth-order valence-electron chi connectivity index (χ4n) is 6.06. The molecule has 2 heterocycles. The molecular weight excluding hydrogens is 691 g/mol. The Balaban J connectivity index is 1.40. The normalized spacial score (nSPS) is 12.9. The van der Waals surface area contributed by atoms with Crippen LogP contribution in [0.4, 0.5) is 5.69 Å². The molecule has 0 aliphatic carbocycles. The van der Waals surface area contributed by atoms with E-state index in [1.54, 1.807) is 65.5 Å². The molecule has 5 rings (SSSR count). The van der Waals surface area contributed by atoms with Gasteiger partial charge < -0.3 is 10.6 Å². The van der Waals surface area contributed by atoms with Gasteiger partial charge in [-0.15, -0.1) is 0 Å². The van der Waals surface area contributed by atoms with Crippen molar-refractivity contribution >= 4 is 25.3 Å². The van der Waals surface area contributed by atoms with Crippen LogP contribution < -0.4 is 10.6 Å². The van der Waals surface area contributed by atoms with Crippen molar-refractivity contribution in [1.29, 1.82) is 0 Å². The highest BCUT2D eigenvalue weighted by molar-refractivity contribution is 7.48. The Morgan fingerprint density at radius 1 is 0.811 bits per heavy atom. The van der Waals surface area contributed by atoms with Gasteiger partial charge in [-0.3, -0.25) is 27.8 Å². The molecule has 2 N–H and O–H groups in total. The van der Waals surface area contributed by atoms with E-state index in [1.165, 1.54) is 4.68 Å². The number of anilines is 1. The third kappa shape index (κ3) is 10.2. The van der Waals surface area contributed by atoms with Crippen LogP contribution in [-0.4, -0.2) is 48.6 Å². The Kier molecular flexibility index (Phi) is 11.9. The van der Waals surface area contributed by atoms with Gasteiger partial charge in [-0.05, 0) is 90.3 Å². The van der Waals surface area contributed by atoms with E-state index in [0.29, 0.717) is 11.4 Å². The second-order valence-electron chi connectivity index (χ2n) is 14.8. The maximum atomic E-state index is 14.3. The van der Waals surface area contributed by atoms with E-state index in [2.05, 4.69) is 20.8 Å². The van der Waals surface area contributed by atoms with E-state index in [9.17, 15) is 14.2 Å². The average molecular weight is 741 g/mol. The molecule has 280 valence electrons. The minimum Gasteiger partial charge on any atom is -0.338 e. The summed E-state index contributed by atoms with van der Waals surface area (Å²) in [7, 11) is -2.28. The fourth-order valence-corrected chi connectivity index (χ4v) is 7.79. The Morgan fingerprint density at radius 2 is 1.36 bits per heavy atom. The van der Waals surface area contributed by atoms with E-state index in [-0.39, 0.29) is 12.6 Å². The van der Waals surface area contributed by atoms with Crippen LogP contribution in [0.3, 0.4) is 0 Å². The Morgan fingerprint density at radius 3 is 1.85 bits per heavy atom. The highest BCUT2D eigenvalue weighted by atomic mass is 31.2. The summed E-state index contributed by atoms with van der Waals surface area (Å²) in [6, 6.07) is 27.3. The summed E-state index contributed by atoms with van der Waals surface area (Å²) in [6.07, 6.45) is 1.54. The molecule has 1 atom stereocenters. The molecule has 0 radical (unpaired) electrons. The van der Waals surface area contributed by atoms with Crippen molar-refractivity contribution in [2.45, 2.75) is 85.3 Å². The number of aryl methyl sites for hydroxylation is 2. The van der Waals surface area contributed by atoms with Gasteiger partial charge >= 0.3 is 7.82 Å². The van der Waals surface area contributed by atoms with E-state index in [1.807, 2.05) is 98.8 Å². The summed E-state index contributed by atoms with van der Waals surface area (Å²) < 4.78 is 34.1. The molecule has 0 spiro atoms. The standard InChI is InChI=1S/C40H49N6O6P/c1-27-34(28(2)46(44-27)26-50-53(49,51-39(3,4)5)52-40(6,7)8)31-20-22-32(23-21-31)42-38(48)36(43-37(47)33-24-25-41-45(33)9)35(29-16-12-10-13-17-29)30-18-14-11-15-19-30/h10-25,35-36H,26H2,1-9H3,(H,42,48)(H,43,47)/t36-/m0/s1. The van der Waals surface area contributed by atoms with Crippen molar-refractivity contribution in [3.63, 3.8) is 0 Å². The number of amides is 2. The van der Waals surface area contributed by atoms with Gasteiger partial charge in [-0.25, -0.2) is 9.25 Å². The highest BCUT2D eigenvalue weighted by Crippen LogP contribution is 2.55. The van der Waals surface area contributed by atoms with Crippen molar-refractivity contribution in [3.05, 3.63) is 125 Å². The number of nitrogens with one attached hydrogen (secondary N) is 2. The topological polar surface area (TPSA) is 139 Å². The van der Waals surface area contributed by atoms with Gasteiger partial charge in [0.25, 0.3) is 5.91 Å². The zero-order valence-electron chi connectivity index (χ0n) is 31.8. The average Bonchev–Trinajstić information content (AvgIpc) is 3.64. The lowest BCUT2D eigenvalue weighted by Crippen LogP contribution is -2.48. The van der Waals surface area contributed by atoms with Crippen molar-refractivity contribution in [2.24, 2.45) is 7.05 Å². The third-order valence-corrected chi connectivity index (χ3v) is 10.2. The van der Waals surface area contributed by atoms with E-state index in [4.69, 9.17) is 13.6 Å². The van der Waals surface area contributed by atoms with Gasteiger partial charge in [0.2, 0.25) is 5.91 Å². The monoisotopic (exact) mass is 740 g/mol.